The number of nitrogens with zero attached hydrogens (tertiary/aromatic N) is 6. The van der Waals surface area contributed by atoms with Crippen molar-refractivity contribution in [3.63, 3.8) is 0 Å². The zero-order valence-corrected chi connectivity index (χ0v) is 15.0. The molecule has 2 aliphatic rings. The van der Waals surface area contributed by atoms with Crippen LogP contribution < -0.4 is 4.90 Å². The van der Waals surface area contributed by atoms with Crippen LogP contribution in [0.5, 0.6) is 0 Å². The molecular formula is C19H17FN6O2. The van der Waals surface area contributed by atoms with Crippen molar-refractivity contribution in [1.82, 2.24) is 24.5 Å². The van der Waals surface area contributed by atoms with Crippen LogP contribution in [0.1, 0.15) is 24.7 Å². The van der Waals surface area contributed by atoms with Gasteiger partial charge in [0, 0.05) is 24.4 Å². The molecule has 2 fully saturated rings. The Balaban J connectivity index is 1.58. The van der Waals surface area contributed by atoms with Gasteiger partial charge in [-0.15, -0.1) is 0 Å². The Labute approximate surface area is 158 Å². The predicted octanol–water partition coefficient (Wildman–Crippen LogP) is 2.79. The van der Waals surface area contributed by atoms with Crippen LogP contribution in [-0.4, -0.2) is 50.8 Å². The highest BCUT2D eigenvalue weighted by Crippen LogP contribution is 2.40. The maximum absolute atomic E-state index is 14.0. The Hall–Kier alpha value is -3.07. The van der Waals surface area contributed by atoms with Gasteiger partial charge >= 0.3 is 0 Å². The lowest BCUT2D eigenvalue weighted by Gasteiger charge is -2.29. The summed E-state index contributed by atoms with van der Waals surface area (Å²) in [5.74, 6) is 1.89. The minimum absolute atomic E-state index is 0.296. The van der Waals surface area contributed by atoms with Gasteiger partial charge in [0.05, 0.1) is 18.7 Å². The molecule has 0 atom stereocenters. The van der Waals surface area contributed by atoms with Gasteiger partial charge < -0.3 is 14.2 Å². The molecule has 0 spiro atoms. The van der Waals surface area contributed by atoms with Gasteiger partial charge in [-0.3, -0.25) is 4.40 Å². The number of aromatic nitrogens is 5. The normalized spacial score (nSPS) is 17.7. The smallest absolute Gasteiger partial charge is 0.230 e. The van der Waals surface area contributed by atoms with E-state index in [1.807, 2.05) is 4.40 Å². The maximum Gasteiger partial charge on any atom is 0.230 e. The Morgan fingerprint density at radius 3 is 2.79 bits per heavy atom. The fraction of sp³-hybridized carbons (Fsp3) is 0.368. The summed E-state index contributed by atoms with van der Waals surface area (Å²) < 4.78 is 26.7. The predicted molar refractivity (Wildman–Crippen MR) is 98.8 cm³/mol. The van der Waals surface area contributed by atoms with E-state index in [9.17, 15) is 4.39 Å². The number of halogens is 1. The lowest BCUT2D eigenvalue weighted by molar-refractivity contribution is 0.122. The van der Waals surface area contributed by atoms with Crippen molar-refractivity contribution in [2.75, 3.05) is 31.2 Å². The van der Waals surface area contributed by atoms with Crippen molar-refractivity contribution in [3.05, 3.63) is 36.2 Å². The molecule has 1 saturated heterocycles. The minimum atomic E-state index is -0.296. The summed E-state index contributed by atoms with van der Waals surface area (Å²) in [7, 11) is 0. The first-order valence-electron chi connectivity index (χ1n) is 9.41. The highest BCUT2D eigenvalue weighted by Gasteiger charge is 2.31. The molecule has 28 heavy (non-hydrogen) atoms. The van der Waals surface area contributed by atoms with E-state index in [4.69, 9.17) is 14.2 Å². The molecule has 0 N–H and O–H groups in total. The number of rotatable bonds is 3. The van der Waals surface area contributed by atoms with E-state index in [1.54, 1.807) is 12.4 Å². The third kappa shape index (κ3) is 2.46. The fourth-order valence-electron chi connectivity index (χ4n) is 3.68. The second-order valence-electron chi connectivity index (χ2n) is 7.21. The van der Waals surface area contributed by atoms with Gasteiger partial charge in [-0.1, -0.05) is 5.16 Å². The van der Waals surface area contributed by atoms with E-state index in [2.05, 4.69) is 20.0 Å². The standard InChI is InChI=1S/C19H17FN6O2/c20-12-3-4-14-13(9-12)17(25-5-7-27-8-6-25)23-18-15(21-10-26(14)18)16-22-19(28-24-16)11-1-2-11/h3-4,9-11H,1-2,5-8H2. The second kappa shape index (κ2) is 5.96. The Morgan fingerprint density at radius 1 is 1.11 bits per heavy atom. The molecular weight excluding hydrogens is 363 g/mol. The van der Waals surface area contributed by atoms with Gasteiger partial charge in [0.1, 0.15) is 18.0 Å². The van der Waals surface area contributed by atoms with Gasteiger partial charge in [0.15, 0.2) is 11.3 Å². The summed E-state index contributed by atoms with van der Waals surface area (Å²) in [4.78, 5) is 16.0. The van der Waals surface area contributed by atoms with E-state index < -0.39 is 0 Å². The maximum atomic E-state index is 14.0. The zero-order valence-electron chi connectivity index (χ0n) is 15.0. The number of morpholine rings is 1. The average Bonchev–Trinajstić information content (AvgIpc) is 3.30. The van der Waals surface area contributed by atoms with Gasteiger partial charge in [-0.25, -0.2) is 14.4 Å². The average molecular weight is 380 g/mol. The van der Waals surface area contributed by atoms with Gasteiger partial charge in [-0.2, -0.15) is 4.98 Å². The van der Waals surface area contributed by atoms with Crippen LogP contribution in [0.15, 0.2) is 29.0 Å². The van der Waals surface area contributed by atoms with Crippen LogP contribution in [0, 0.1) is 5.82 Å². The number of imidazole rings is 1. The molecule has 9 heteroatoms. The summed E-state index contributed by atoms with van der Waals surface area (Å²) in [5, 5.41) is 4.85. The monoisotopic (exact) mass is 380 g/mol. The number of ether oxygens (including phenoxy) is 1. The molecule has 142 valence electrons. The summed E-state index contributed by atoms with van der Waals surface area (Å²) in [5.41, 5.74) is 2.03. The summed E-state index contributed by atoms with van der Waals surface area (Å²) in [6, 6.07) is 4.72. The molecule has 4 heterocycles. The van der Waals surface area contributed by atoms with E-state index in [-0.39, 0.29) is 5.82 Å². The van der Waals surface area contributed by atoms with Gasteiger partial charge in [0.25, 0.3) is 0 Å². The molecule has 0 radical (unpaired) electrons. The van der Waals surface area contributed by atoms with E-state index in [0.29, 0.717) is 55.3 Å². The van der Waals surface area contributed by atoms with Gasteiger partial charge in [-0.05, 0) is 31.0 Å². The molecule has 8 nitrogen and oxygen atoms in total. The number of hydrogen-bond donors (Lipinski definition) is 0. The summed E-state index contributed by atoms with van der Waals surface area (Å²) in [6.07, 6.45) is 3.84. The lowest BCUT2D eigenvalue weighted by atomic mass is 10.2. The van der Waals surface area contributed by atoms with Gasteiger partial charge in [0.2, 0.25) is 11.7 Å². The van der Waals surface area contributed by atoms with Crippen molar-refractivity contribution in [3.8, 4) is 11.5 Å². The van der Waals surface area contributed by atoms with Crippen molar-refractivity contribution >= 4 is 22.4 Å². The third-order valence-electron chi connectivity index (χ3n) is 5.30. The molecule has 1 aliphatic carbocycles. The SMILES string of the molecule is Fc1ccc2c(c1)c(N1CCOCC1)nc1c(-c3noc(C4CC4)n3)ncn12. The number of hydrogen-bond acceptors (Lipinski definition) is 7. The van der Waals surface area contributed by atoms with Crippen LogP contribution in [-0.2, 0) is 4.74 Å². The number of benzene rings is 1. The van der Waals surface area contributed by atoms with Crippen molar-refractivity contribution in [2.24, 2.45) is 0 Å². The Morgan fingerprint density at radius 2 is 1.96 bits per heavy atom. The van der Waals surface area contributed by atoms with Crippen LogP contribution >= 0.6 is 0 Å². The third-order valence-corrected chi connectivity index (χ3v) is 5.30. The van der Waals surface area contributed by atoms with Crippen LogP contribution in [0.3, 0.4) is 0 Å². The van der Waals surface area contributed by atoms with Crippen LogP contribution in [0.25, 0.3) is 28.1 Å². The second-order valence-corrected chi connectivity index (χ2v) is 7.21. The van der Waals surface area contributed by atoms with E-state index in [0.717, 1.165) is 29.6 Å². The van der Waals surface area contributed by atoms with E-state index >= 15 is 0 Å². The minimum Gasteiger partial charge on any atom is -0.378 e. The van der Waals surface area contributed by atoms with Crippen molar-refractivity contribution < 1.29 is 13.7 Å². The first-order valence-corrected chi connectivity index (χ1v) is 9.41. The van der Waals surface area contributed by atoms with Crippen molar-refractivity contribution in [2.45, 2.75) is 18.8 Å². The van der Waals surface area contributed by atoms with E-state index in [1.165, 1.54) is 12.1 Å². The summed E-state index contributed by atoms with van der Waals surface area (Å²) >= 11 is 0. The Kier molecular flexibility index (Phi) is 3.39. The quantitative estimate of drug-likeness (QED) is 0.540. The molecule has 0 bridgehead atoms. The molecule has 3 aromatic heterocycles. The Bertz CT molecular complexity index is 1190. The van der Waals surface area contributed by atoms with Crippen LogP contribution in [0.2, 0.25) is 0 Å². The molecule has 0 unspecified atom stereocenters. The largest absolute Gasteiger partial charge is 0.378 e. The molecule has 1 aliphatic heterocycles. The first kappa shape index (κ1) is 15.9. The lowest BCUT2D eigenvalue weighted by Crippen LogP contribution is -2.37. The van der Waals surface area contributed by atoms with Crippen LogP contribution in [0.4, 0.5) is 10.2 Å². The highest BCUT2D eigenvalue weighted by atomic mass is 19.1. The van der Waals surface area contributed by atoms with Crippen molar-refractivity contribution in [1.29, 1.82) is 0 Å². The first-order chi connectivity index (χ1) is 13.8. The molecule has 1 aromatic carbocycles. The molecule has 6 rings (SSSR count). The number of fused-ring (bicyclic) bond motifs is 3. The fourth-order valence-corrected chi connectivity index (χ4v) is 3.68. The summed E-state index contributed by atoms with van der Waals surface area (Å²) in [6.45, 7) is 2.63. The molecule has 1 saturated carbocycles. The highest BCUT2D eigenvalue weighted by molar-refractivity contribution is 5.93. The topological polar surface area (TPSA) is 81.6 Å². The molecule has 0 amide bonds. The molecule has 4 aromatic rings. The zero-order chi connectivity index (χ0) is 18.7. The number of anilines is 1.